The van der Waals surface area contributed by atoms with Crippen LogP contribution in [0.2, 0.25) is 0 Å². The van der Waals surface area contributed by atoms with E-state index in [9.17, 15) is 4.39 Å². The van der Waals surface area contributed by atoms with Crippen molar-refractivity contribution in [1.29, 1.82) is 0 Å². The molecule has 0 amide bonds. The standard InChI is InChI=1S/C17H26FN3O/c18-14-8-10-16(11-9-14)22-13-5-4-12-20-17(19)21-15-6-2-1-3-7-15/h8-11,15H,1-7,12-13H2,(H3,19,20,21). The zero-order valence-electron chi connectivity index (χ0n) is 13.1. The van der Waals surface area contributed by atoms with Gasteiger partial charge in [-0.25, -0.2) is 4.39 Å². The van der Waals surface area contributed by atoms with Crippen LogP contribution in [0.15, 0.2) is 29.3 Å². The normalized spacial score (nSPS) is 16.5. The highest BCUT2D eigenvalue weighted by Crippen LogP contribution is 2.17. The van der Waals surface area contributed by atoms with Gasteiger partial charge in [0.25, 0.3) is 0 Å². The third-order valence-electron chi connectivity index (χ3n) is 3.87. The molecule has 4 nitrogen and oxygen atoms in total. The maximum atomic E-state index is 12.7. The third-order valence-corrected chi connectivity index (χ3v) is 3.87. The van der Waals surface area contributed by atoms with Gasteiger partial charge in [0.2, 0.25) is 0 Å². The molecule has 0 aromatic heterocycles. The van der Waals surface area contributed by atoms with Gasteiger partial charge in [0.05, 0.1) is 6.61 Å². The molecule has 0 heterocycles. The molecule has 3 N–H and O–H groups in total. The minimum absolute atomic E-state index is 0.248. The van der Waals surface area contributed by atoms with Crippen LogP contribution < -0.4 is 15.8 Å². The number of benzene rings is 1. The van der Waals surface area contributed by atoms with Gasteiger partial charge in [-0.05, 0) is 49.9 Å². The summed E-state index contributed by atoms with van der Waals surface area (Å²) in [6, 6.07) is 6.58. The highest BCUT2D eigenvalue weighted by Gasteiger charge is 2.12. The number of nitrogens with two attached hydrogens (primary N) is 1. The number of halogens is 1. The van der Waals surface area contributed by atoms with Crippen LogP contribution in [0.3, 0.4) is 0 Å². The third kappa shape index (κ3) is 6.33. The van der Waals surface area contributed by atoms with Gasteiger partial charge in [-0.2, -0.15) is 0 Å². The molecule has 0 atom stereocenters. The Bertz CT molecular complexity index is 455. The second-order valence-corrected chi connectivity index (χ2v) is 5.76. The first-order chi connectivity index (χ1) is 10.7. The van der Waals surface area contributed by atoms with E-state index < -0.39 is 0 Å². The van der Waals surface area contributed by atoms with Gasteiger partial charge in [0, 0.05) is 12.6 Å². The zero-order chi connectivity index (χ0) is 15.6. The summed E-state index contributed by atoms with van der Waals surface area (Å²) in [4.78, 5) is 4.35. The van der Waals surface area contributed by atoms with Crippen molar-refractivity contribution in [2.45, 2.75) is 51.0 Å². The fourth-order valence-electron chi connectivity index (χ4n) is 2.64. The molecule has 5 heteroatoms. The molecule has 1 aromatic carbocycles. The molecule has 1 aromatic rings. The predicted octanol–water partition coefficient (Wildman–Crippen LogP) is 3.22. The summed E-state index contributed by atoms with van der Waals surface area (Å²) < 4.78 is 18.3. The molecule has 1 aliphatic carbocycles. The lowest BCUT2D eigenvalue weighted by Gasteiger charge is -2.23. The van der Waals surface area contributed by atoms with Crippen LogP contribution in [0.4, 0.5) is 4.39 Å². The Labute approximate surface area is 132 Å². The smallest absolute Gasteiger partial charge is 0.188 e. The van der Waals surface area contributed by atoms with Crippen LogP contribution in [0.5, 0.6) is 5.75 Å². The number of unbranched alkanes of at least 4 members (excludes halogenated alkanes) is 1. The minimum Gasteiger partial charge on any atom is -0.494 e. The van der Waals surface area contributed by atoms with Gasteiger partial charge in [-0.15, -0.1) is 0 Å². The van der Waals surface area contributed by atoms with E-state index >= 15 is 0 Å². The highest BCUT2D eigenvalue weighted by atomic mass is 19.1. The average Bonchev–Trinajstić information content (AvgIpc) is 2.53. The molecule has 2 rings (SSSR count). The number of guanidine groups is 1. The Balaban J connectivity index is 1.54. The first kappa shape index (κ1) is 16.6. The number of ether oxygens (including phenoxy) is 1. The van der Waals surface area contributed by atoms with E-state index in [0.29, 0.717) is 30.9 Å². The molecule has 0 bridgehead atoms. The average molecular weight is 307 g/mol. The lowest BCUT2D eigenvalue weighted by Crippen LogP contribution is -2.41. The monoisotopic (exact) mass is 307 g/mol. The summed E-state index contributed by atoms with van der Waals surface area (Å²) in [7, 11) is 0. The van der Waals surface area contributed by atoms with E-state index in [1.54, 1.807) is 12.1 Å². The number of hydrogen-bond acceptors (Lipinski definition) is 2. The minimum atomic E-state index is -0.248. The Morgan fingerprint density at radius 3 is 2.64 bits per heavy atom. The highest BCUT2D eigenvalue weighted by molar-refractivity contribution is 5.78. The largest absolute Gasteiger partial charge is 0.494 e. The summed E-state index contributed by atoms with van der Waals surface area (Å²) in [5.74, 6) is 1.01. The first-order valence-electron chi connectivity index (χ1n) is 8.19. The second kappa shape index (κ2) is 9.28. The number of hydrogen-bond donors (Lipinski definition) is 2. The number of rotatable bonds is 7. The van der Waals surface area contributed by atoms with Crippen molar-refractivity contribution in [3.63, 3.8) is 0 Å². The van der Waals surface area contributed by atoms with Crippen molar-refractivity contribution < 1.29 is 9.13 Å². The van der Waals surface area contributed by atoms with Crippen LogP contribution in [0.25, 0.3) is 0 Å². The Kier molecular flexibility index (Phi) is 7.00. The fourth-order valence-corrected chi connectivity index (χ4v) is 2.64. The van der Waals surface area contributed by atoms with Crippen LogP contribution in [0.1, 0.15) is 44.9 Å². The van der Waals surface area contributed by atoms with Crippen LogP contribution >= 0.6 is 0 Å². The lowest BCUT2D eigenvalue weighted by molar-refractivity contribution is 0.307. The zero-order valence-corrected chi connectivity index (χ0v) is 13.1. The molecular formula is C17H26FN3O. The van der Waals surface area contributed by atoms with Crippen molar-refractivity contribution in [1.82, 2.24) is 5.32 Å². The molecule has 0 saturated heterocycles. The summed E-state index contributed by atoms with van der Waals surface area (Å²) in [6.45, 7) is 1.31. The van der Waals surface area contributed by atoms with Crippen LogP contribution in [-0.2, 0) is 0 Å². The molecule has 0 aliphatic heterocycles. The number of nitrogens with one attached hydrogen (secondary N) is 1. The lowest BCUT2D eigenvalue weighted by atomic mass is 9.96. The molecule has 0 radical (unpaired) electrons. The van der Waals surface area contributed by atoms with Crippen molar-refractivity contribution in [2.75, 3.05) is 13.2 Å². The molecule has 22 heavy (non-hydrogen) atoms. The number of aliphatic imine (C=N–C) groups is 1. The summed E-state index contributed by atoms with van der Waals surface area (Å²) in [5.41, 5.74) is 5.90. The van der Waals surface area contributed by atoms with Gasteiger partial charge in [-0.3, -0.25) is 4.99 Å². The van der Waals surface area contributed by atoms with Gasteiger partial charge < -0.3 is 15.8 Å². The van der Waals surface area contributed by atoms with Gasteiger partial charge in [0.15, 0.2) is 5.96 Å². The molecule has 1 aliphatic rings. The van der Waals surface area contributed by atoms with Crippen LogP contribution in [-0.4, -0.2) is 25.2 Å². The van der Waals surface area contributed by atoms with Gasteiger partial charge in [-0.1, -0.05) is 19.3 Å². The maximum absolute atomic E-state index is 12.7. The molecule has 122 valence electrons. The molecule has 0 unspecified atom stereocenters. The second-order valence-electron chi connectivity index (χ2n) is 5.76. The van der Waals surface area contributed by atoms with Crippen molar-refractivity contribution in [2.24, 2.45) is 10.7 Å². The summed E-state index contributed by atoms with van der Waals surface area (Å²) >= 11 is 0. The Morgan fingerprint density at radius 2 is 1.91 bits per heavy atom. The van der Waals surface area contributed by atoms with E-state index in [1.165, 1.54) is 44.2 Å². The van der Waals surface area contributed by atoms with E-state index in [2.05, 4.69) is 10.3 Å². The fraction of sp³-hybridized carbons (Fsp3) is 0.588. The topological polar surface area (TPSA) is 59.6 Å². The van der Waals surface area contributed by atoms with Crippen molar-refractivity contribution in [3.8, 4) is 5.75 Å². The summed E-state index contributed by atoms with van der Waals surface area (Å²) in [6.07, 6.45) is 8.12. The summed E-state index contributed by atoms with van der Waals surface area (Å²) in [5, 5.41) is 3.30. The quantitative estimate of drug-likeness (QED) is 0.462. The van der Waals surface area contributed by atoms with E-state index in [0.717, 1.165) is 12.8 Å². The van der Waals surface area contributed by atoms with Gasteiger partial charge in [0.1, 0.15) is 11.6 Å². The van der Waals surface area contributed by atoms with E-state index in [1.807, 2.05) is 0 Å². The Morgan fingerprint density at radius 1 is 1.18 bits per heavy atom. The molecular weight excluding hydrogens is 281 g/mol. The first-order valence-corrected chi connectivity index (χ1v) is 8.19. The molecule has 1 saturated carbocycles. The SMILES string of the molecule is NC(=NCCCCOc1ccc(F)cc1)NC1CCCCC1. The predicted molar refractivity (Wildman–Crippen MR) is 87.6 cm³/mol. The van der Waals surface area contributed by atoms with E-state index in [4.69, 9.17) is 10.5 Å². The van der Waals surface area contributed by atoms with E-state index in [-0.39, 0.29) is 5.82 Å². The maximum Gasteiger partial charge on any atom is 0.188 e. The Hall–Kier alpha value is -1.78. The van der Waals surface area contributed by atoms with Crippen molar-refractivity contribution in [3.05, 3.63) is 30.1 Å². The number of nitrogens with zero attached hydrogens (tertiary/aromatic N) is 1. The van der Waals surface area contributed by atoms with Crippen molar-refractivity contribution >= 4 is 5.96 Å². The molecule has 0 spiro atoms. The van der Waals surface area contributed by atoms with Crippen LogP contribution in [0, 0.1) is 5.82 Å². The van der Waals surface area contributed by atoms with Gasteiger partial charge >= 0.3 is 0 Å². The molecule has 1 fully saturated rings.